The minimum atomic E-state index is -0.251. The van der Waals surface area contributed by atoms with E-state index in [9.17, 15) is 5.11 Å². The molecule has 0 bridgehead atoms. The van der Waals surface area contributed by atoms with Crippen LogP contribution in [-0.2, 0) is 0 Å². The Morgan fingerprint density at radius 1 is 1.27 bits per heavy atom. The van der Waals surface area contributed by atoms with E-state index >= 15 is 0 Å². The highest BCUT2D eigenvalue weighted by Crippen LogP contribution is 2.27. The van der Waals surface area contributed by atoms with Crippen LogP contribution in [0.4, 0.5) is 0 Å². The Morgan fingerprint density at radius 2 is 1.87 bits per heavy atom. The van der Waals surface area contributed by atoms with Crippen molar-refractivity contribution in [3.63, 3.8) is 0 Å². The fourth-order valence-corrected chi connectivity index (χ4v) is 2.36. The van der Waals surface area contributed by atoms with Gasteiger partial charge in [0.2, 0.25) is 0 Å². The van der Waals surface area contributed by atoms with Gasteiger partial charge in [-0.3, -0.25) is 0 Å². The van der Waals surface area contributed by atoms with Crippen LogP contribution in [0.15, 0.2) is 0 Å². The number of aliphatic hydroxyl groups is 1. The van der Waals surface area contributed by atoms with Crippen molar-refractivity contribution in [1.82, 2.24) is 10.2 Å². The largest absolute Gasteiger partial charge is 0.390 e. The van der Waals surface area contributed by atoms with E-state index < -0.39 is 0 Å². The normalized spacial score (nSPS) is 23.0. The summed E-state index contributed by atoms with van der Waals surface area (Å²) in [6.45, 7) is 3.74. The van der Waals surface area contributed by atoms with Gasteiger partial charge in [0.15, 0.2) is 0 Å². The van der Waals surface area contributed by atoms with Crippen molar-refractivity contribution in [3.8, 4) is 0 Å². The van der Waals surface area contributed by atoms with Gasteiger partial charge in [0, 0.05) is 18.6 Å². The van der Waals surface area contributed by atoms with Crippen LogP contribution >= 0.6 is 0 Å². The SMILES string of the molecule is CN(C)CC(O)CNC1(C)CCCCC1. The predicted molar refractivity (Wildman–Crippen MR) is 64.1 cm³/mol. The maximum atomic E-state index is 9.76. The van der Waals surface area contributed by atoms with E-state index in [1.807, 2.05) is 19.0 Å². The van der Waals surface area contributed by atoms with Crippen LogP contribution in [0.2, 0.25) is 0 Å². The summed E-state index contributed by atoms with van der Waals surface area (Å²) in [5, 5.41) is 13.3. The molecule has 0 aromatic carbocycles. The van der Waals surface area contributed by atoms with E-state index in [1.165, 1.54) is 32.1 Å². The van der Waals surface area contributed by atoms with Crippen LogP contribution in [0.5, 0.6) is 0 Å². The Bertz CT molecular complexity index is 176. The first-order valence-corrected chi connectivity index (χ1v) is 6.10. The summed E-state index contributed by atoms with van der Waals surface area (Å²) in [7, 11) is 3.98. The molecule has 0 heterocycles. The maximum Gasteiger partial charge on any atom is 0.0791 e. The lowest BCUT2D eigenvalue weighted by atomic mass is 9.83. The van der Waals surface area contributed by atoms with Crippen molar-refractivity contribution in [2.45, 2.75) is 50.7 Å². The molecule has 1 unspecified atom stereocenters. The standard InChI is InChI=1S/C12H26N2O/c1-12(7-5-4-6-8-12)13-9-11(15)10-14(2)3/h11,13,15H,4-10H2,1-3H3. The lowest BCUT2D eigenvalue weighted by Crippen LogP contribution is -2.48. The third-order valence-corrected chi connectivity index (χ3v) is 3.30. The zero-order valence-corrected chi connectivity index (χ0v) is 10.4. The van der Waals surface area contributed by atoms with Crippen molar-refractivity contribution >= 4 is 0 Å². The van der Waals surface area contributed by atoms with E-state index in [0.717, 1.165) is 6.54 Å². The van der Waals surface area contributed by atoms with E-state index in [0.29, 0.717) is 6.54 Å². The molecule has 1 atom stereocenters. The van der Waals surface area contributed by atoms with Crippen molar-refractivity contribution < 1.29 is 5.11 Å². The Kier molecular flexibility index (Phi) is 5.03. The Hall–Kier alpha value is -0.120. The zero-order valence-electron chi connectivity index (χ0n) is 10.4. The topological polar surface area (TPSA) is 35.5 Å². The summed E-state index contributed by atoms with van der Waals surface area (Å²) in [6.07, 6.45) is 6.28. The molecule has 0 amide bonds. The molecule has 0 aromatic rings. The maximum absolute atomic E-state index is 9.76. The van der Waals surface area contributed by atoms with Gasteiger partial charge in [0.1, 0.15) is 0 Å². The van der Waals surface area contributed by atoms with Gasteiger partial charge in [-0.25, -0.2) is 0 Å². The minimum Gasteiger partial charge on any atom is -0.390 e. The monoisotopic (exact) mass is 214 g/mol. The fourth-order valence-electron chi connectivity index (χ4n) is 2.36. The molecule has 0 radical (unpaired) electrons. The Balaban J connectivity index is 2.22. The molecule has 3 nitrogen and oxygen atoms in total. The predicted octanol–water partition coefficient (Wildman–Crippen LogP) is 1.22. The molecule has 1 saturated carbocycles. The average Bonchev–Trinajstić information content (AvgIpc) is 2.15. The first-order chi connectivity index (χ1) is 7.02. The van der Waals surface area contributed by atoms with Crippen LogP contribution in [0.1, 0.15) is 39.0 Å². The van der Waals surface area contributed by atoms with Crippen molar-refractivity contribution in [1.29, 1.82) is 0 Å². The zero-order chi connectivity index (χ0) is 11.3. The van der Waals surface area contributed by atoms with Gasteiger partial charge >= 0.3 is 0 Å². The minimum absolute atomic E-state index is 0.251. The van der Waals surface area contributed by atoms with Crippen LogP contribution in [0, 0.1) is 0 Å². The molecule has 0 saturated heterocycles. The second-order valence-electron chi connectivity index (χ2n) is 5.42. The van der Waals surface area contributed by atoms with Gasteiger partial charge in [-0.15, -0.1) is 0 Å². The molecule has 1 aliphatic carbocycles. The second kappa shape index (κ2) is 5.83. The molecule has 3 heteroatoms. The quantitative estimate of drug-likeness (QED) is 0.722. The molecule has 0 aromatic heterocycles. The van der Waals surface area contributed by atoms with Gasteiger partial charge in [0.25, 0.3) is 0 Å². The van der Waals surface area contributed by atoms with Crippen LogP contribution in [-0.4, -0.2) is 48.8 Å². The molecule has 1 fully saturated rings. The van der Waals surface area contributed by atoms with Crippen LogP contribution in [0.25, 0.3) is 0 Å². The van der Waals surface area contributed by atoms with Crippen molar-refractivity contribution in [3.05, 3.63) is 0 Å². The van der Waals surface area contributed by atoms with Gasteiger partial charge in [-0.05, 0) is 33.9 Å². The summed E-state index contributed by atoms with van der Waals surface area (Å²) < 4.78 is 0. The first-order valence-electron chi connectivity index (χ1n) is 6.10. The number of rotatable bonds is 5. The van der Waals surface area contributed by atoms with Gasteiger partial charge in [-0.2, -0.15) is 0 Å². The fraction of sp³-hybridized carbons (Fsp3) is 1.00. The van der Waals surface area contributed by atoms with E-state index in [4.69, 9.17) is 0 Å². The lowest BCUT2D eigenvalue weighted by molar-refractivity contribution is 0.117. The molecular formula is C12H26N2O. The highest BCUT2D eigenvalue weighted by Gasteiger charge is 2.26. The molecule has 0 spiro atoms. The van der Waals surface area contributed by atoms with Crippen LogP contribution in [0.3, 0.4) is 0 Å². The summed E-state index contributed by atoms with van der Waals surface area (Å²) in [5.74, 6) is 0. The summed E-state index contributed by atoms with van der Waals surface area (Å²) >= 11 is 0. The molecule has 1 aliphatic rings. The highest BCUT2D eigenvalue weighted by molar-refractivity contribution is 4.87. The molecule has 0 aliphatic heterocycles. The van der Waals surface area contributed by atoms with E-state index in [-0.39, 0.29) is 11.6 Å². The highest BCUT2D eigenvalue weighted by atomic mass is 16.3. The number of likely N-dealkylation sites (N-methyl/N-ethyl adjacent to an activating group) is 1. The Morgan fingerprint density at radius 3 is 2.40 bits per heavy atom. The molecule has 90 valence electrons. The number of hydrogen-bond donors (Lipinski definition) is 2. The third-order valence-electron chi connectivity index (χ3n) is 3.30. The summed E-state index contributed by atoms with van der Waals surface area (Å²) in [5.41, 5.74) is 0.269. The molecular weight excluding hydrogens is 188 g/mol. The van der Waals surface area contributed by atoms with Crippen molar-refractivity contribution in [2.24, 2.45) is 0 Å². The Labute approximate surface area is 93.9 Å². The molecule has 15 heavy (non-hydrogen) atoms. The van der Waals surface area contributed by atoms with Crippen molar-refractivity contribution in [2.75, 3.05) is 27.2 Å². The van der Waals surface area contributed by atoms with E-state index in [2.05, 4.69) is 12.2 Å². The molecule has 1 rings (SSSR count). The summed E-state index contributed by atoms with van der Waals surface area (Å²) in [4.78, 5) is 2.02. The number of nitrogens with one attached hydrogen (secondary N) is 1. The lowest BCUT2D eigenvalue weighted by Gasteiger charge is -2.35. The van der Waals surface area contributed by atoms with Crippen LogP contribution < -0.4 is 5.32 Å². The summed E-state index contributed by atoms with van der Waals surface area (Å²) in [6, 6.07) is 0. The smallest absolute Gasteiger partial charge is 0.0791 e. The number of nitrogens with zero attached hydrogens (tertiary/aromatic N) is 1. The number of hydrogen-bond acceptors (Lipinski definition) is 3. The number of β-amino-alcohol motifs (C(OH)–C–C–N with tert-alkyl or cyclic N) is 1. The van der Waals surface area contributed by atoms with E-state index in [1.54, 1.807) is 0 Å². The number of aliphatic hydroxyl groups excluding tert-OH is 1. The third kappa shape index (κ3) is 4.96. The van der Waals surface area contributed by atoms with Gasteiger partial charge in [-0.1, -0.05) is 19.3 Å². The van der Waals surface area contributed by atoms with Gasteiger partial charge in [0.05, 0.1) is 6.10 Å². The second-order valence-corrected chi connectivity index (χ2v) is 5.42. The average molecular weight is 214 g/mol. The first kappa shape index (κ1) is 12.9. The molecule has 2 N–H and O–H groups in total. The van der Waals surface area contributed by atoms with Gasteiger partial charge < -0.3 is 15.3 Å².